The lowest BCUT2D eigenvalue weighted by atomic mass is 10.0. The van der Waals surface area contributed by atoms with Gasteiger partial charge in [-0.15, -0.1) is 0 Å². The number of anilines is 1. The molecule has 114 valence electrons. The molecule has 2 rings (SSSR count). The molecule has 1 aromatic heterocycles. The van der Waals surface area contributed by atoms with Crippen LogP contribution in [0.5, 0.6) is 5.75 Å². The lowest BCUT2D eigenvalue weighted by Gasteiger charge is -2.21. The van der Waals surface area contributed by atoms with Crippen LogP contribution in [0.15, 0.2) is 18.2 Å². The molecule has 0 saturated heterocycles. The maximum atomic E-state index is 12.1. The highest BCUT2D eigenvalue weighted by atomic mass is 16.5. The van der Waals surface area contributed by atoms with Crippen LogP contribution in [0.1, 0.15) is 26.8 Å². The highest BCUT2D eigenvalue weighted by molar-refractivity contribution is 5.87. The molecule has 1 heterocycles. The molecular weight excluding hydrogens is 270 g/mol. The van der Waals surface area contributed by atoms with E-state index in [2.05, 4.69) is 4.98 Å². The predicted octanol–water partition coefficient (Wildman–Crippen LogP) is 2.39. The quantitative estimate of drug-likeness (QED) is 0.856. The van der Waals surface area contributed by atoms with Gasteiger partial charge in [0.15, 0.2) is 0 Å². The molecule has 2 aromatic rings. The average molecular weight is 291 g/mol. The molecule has 0 radical (unpaired) electrons. The molecule has 1 unspecified atom stereocenters. The van der Waals surface area contributed by atoms with Gasteiger partial charge in [-0.25, -0.2) is 9.78 Å². The number of methoxy groups -OCH3 is 1. The van der Waals surface area contributed by atoms with Gasteiger partial charge in [0.2, 0.25) is 5.95 Å². The van der Waals surface area contributed by atoms with E-state index >= 15 is 0 Å². The summed E-state index contributed by atoms with van der Waals surface area (Å²) in [5.74, 6) is 0.625. The third-order valence-corrected chi connectivity index (χ3v) is 3.36. The number of hydrogen-bond donors (Lipinski definition) is 1. The number of hydrogen-bond acceptors (Lipinski definition) is 5. The normalized spacial score (nSPS) is 12.6. The van der Waals surface area contributed by atoms with Gasteiger partial charge in [-0.3, -0.25) is 4.57 Å². The molecule has 2 N–H and O–H groups in total. The first-order chi connectivity index (χ1) is 10.0. The second-order valence-corrected chi connectivity index (χ2v) is 5.11. The fourth-order valence-electron chi connectivity index (χ4n) is 2.47. The third-order valence-electron chi connectivity index (χ3n) is 3.36. The Morgan fingerprint density at radius 1 is 1.43 bits per heavy atom. The summed E-state index contributed by atoms with van der Waals surface area (Å²) in [6, 6.07) is 5.06. The molecule has 1 atom stereocenters. The van der Waals surface area contributed by atoms with Crippen molar-refractivity contribution in [3.05, 3.63) is 18.2 Å². The number of nitrogens with two attached hydrogens (primary N) is 1. The summed E-state index contributed by atoms with van der Waals surface area (Å²) in [6.45, 7) is 6.33. The summed E-state index contributed by atoms with van der Waals surface area (Å²) in [4.78, 5) is 16.5. The Labute approximate surface area is 123 Å². The molecule has 1 aromatic carbocycles. The van der Waals surface area contributed by atoms with Crippen molar-refractivity contribution in [3.8, 4) is 5.75 Å². The van der Waals surface area contributed by atoms with Gasteiger partial charge < -0.3 is 15.2 Å². The van der Waals surface area contributed by atoms with Crippen LogP contribution >= 0.6 is 0 Å². The fourth-order valence-corrected chi connectivity index (χ4v) is 2.47. The van der Waals surface area contributed by atoms with E-state index in [1.165, 1.54) is 7.11 Å². The Bertz CT molecular complexity index is 649. The van der Waals surface area contributed by atoms with E-state index in [0.717, 1.165) is 5.52 Å². The van der Waals surface area contributed by atoms with Crippen molar-refractivity contribution in [2.24, 2.45) is 5.92 Å². The molecule has 0 fully saturated rings. The molecule has 21 heavy (non-hydrogen) atoms. The van der Waals surface area contributed by atoms with Crippen LogP contribution in [0.2, 0.25) is 0 Å². The predicted molar refractivity (Wildman–Crippen MR) is 81.2 cm³/mol. The molecule has 0 bridgehead atoms. The number of esters is 1. The van der Waals surface area contributed by atoms with Crippen molar-refractivity contribution in [1.82, 2.24) is 9.55 Å². The standard InChI is InChI=1S/C15H21N3O3/c1-5-21-11-8-6-7-10-12(11)17-15(16)18(10)13(9(2)3)14(19)20-4/h6-9,13H,5H2,1-4H3,(H2,16,17). The summed E-state index contributed by atoms with van der Waals surface area (Å²) in [5, 5.41) is 0. The number of aromatic nitrogens is 2. The lowest BCUT2D eigenvalue weighted by Crippen LogP contribution is -2.26. The second-order valence-electron chi connectivity index (χ2n) is 5.11. The van der Waals surface area contributed by atoms with Crippen LogP contribution in [0, 0.1) is 5.92 Å². The SMILES string of the molecule is CCOc1cccc2c1nc(N)n2C(C(=O)OC)C(C)C. The van der Waals surface area contributed by atoms with Gasteiger partial charge in [0.05, 0.1) is 19.2 Å². The number of rotatable bonds is 5. The summed E-state index contributed by atoms with van der Waals surface area (Å²) in [5.41, 5.74) is 7.46. The van der Waals surface area contributed by atoms with Crippen LogP contribution in [-0.2, 0) is 9.53 Å². The number of ether oxygens (including phenoxy) is 2. The Hall–Kier alpha value is -2.24. The van der Waals surface area contributed by atoms with Crippen molar-refractivity contribution in [1.29, 1.82) is 0 Å². The zero-order chi connectivity index (χ0) is 15.6. The molecule has 0 saturated carbocycles. The van der Waals surface area contributed by atoms with E-state index in [4.69, 9.17) is 15.2 Å². The number of nitrogen functional groups attached to an aromatic ring is 1. The minimum absolute atomic E-state index is 0.0212. The molecular formula is C15H21N3O3. The number of fused-ring (bicyclic) bond motifs is 1. The average Bonchev–Trinajstić information content (AvgIpc) is 2.77. The van der Waals surface area contributed by atoms with Crippen molar-refractivity contribution >= 4 is 23.0 Å². The second kappa shape index (κ2) is 6.03. The summed E-state index contributed by atoms with van der Waals surface area (Å²) < 4.78 is 12.2. The molecule has 0 aliphatic heterocycles. The molecule has 0 aliphatic carbocycles. The van der Waals surface area contributed by atoms with E-state index in [9.17, 15) is 4.79 Å². The van der Waals surface area contributed by atoms with E-state index in [1.54, 1.807) is 4.57 Å². The summed E-state index contributed by atoms with van der Waals surface area (Å²) in [7, 11) is 1.37. The van der Waals surface area contributed by atoms with E-state index in [-0.39, 0.29) is 17.8 Å². The summed E-state index contributed by atoms with van der Waals surface area (Å²) in [6.07, 6.45) is 0. The first-order valence-corrected chi connectivity index (χ1v) is 6.98. The van der Waals surface area contributed by atoms with Gasteiger partial charge in [0, 0.05) is 0 Å². The minimum atomic E-state index is -0.517. The lowest BCUT2D eigenvalue weighted by molar-refractivity contribution is -0.145. The zero-order valence-electron chi connectivity index (χ0n) is 12.8. The number of carbonyl (C=O) groups is 1. The van der Waals surface area contributed by atoms with Crippen molar-refractivity contribution < 1.29 is 14.3 Å². The van der Waals surface area contributed by atoms with Crippen molar-refractivity contribution in [2.45, 2.75) is 26.8 Å². The summed E-state index contributed by atoms with van der Waals surface area (Å²) >= 11 is 0. The fraction of sp³-hybridized carbons (Fsp3) is 0.467. The van der Waals surface area contributed by atoms with Crippen LogP contribution in [0.4, 0.5) is 5.95 Å². The smallest absolute Gasteiger partial charge is 0.329 e. The first-order valence-electron chi connectivity index (χ1n) is 6.98. The molecule has 6 heteroatoms. The van der Waals surface area contributed by atoms with Gasteiger partial charge in [0.1, 0.15) is 17.3 Å². The van der Waals surface area contributed by atoms with Crippen LogP contribution in [0.3, 0.4) is 0 Å². The Morgan fingerprint density at radius 2 is 2.14 bits per heavy atom. The number of para-hydroxylation sites is 1. The zero-order valence-corrected chi connectivity index (χ0v) is 12.8. The van der Waals surface area contributed by atoms with Gasteiger partial charge in [-0.1, -0.05) is 19.9 Å². The monoisotopic (exact) mass is 291 g/mol. The number of benzene rings is 1. The van der Waals surface area contributed by atoms with E-state index in [1.807, 2.05) is 39.0 Å². The minimum Gasteiger partial charge on any atom is -0.492 e. The van der Waals surface area contributed by atoms with Gasteiger partial charge >= 0.3 is 5.97 Å². The molecule has 0 aliphatic rings. The molecule has 0 amide bonds. The number of imidazole rings is 1. The van der Waals surface area contributed by atoms with Crippen LogP contribution in [-0.4, -0.2) is 29.2 Å². The van der Waals surface area contributed by atoms with E-state index in [0.29, 0.717) is 17.9 Å². The molecule has 6 nitrogen and oxygen atoms in total. The Kier molecular flexibility index (Phi) is 4.35. The maximum absolute atomic E-state index is 12.1. The van der Waals surface area contributed by atoms with E-state index < -0.39 is 6.04 Å². The maximum Gasteiger partial charge on any atom is 0.329 e. The highest BCUT2D eigenvalue weighted by Crippen LogP contribution is 2.32. The largest absolute Gasteiger partial charge is 0.492 e. The first kappa shape index (κ1) is 15.2. The molecule has 0 spiro atoms. The number of carbonyl (C=O) groups excluding carboxylic acids is 1. The highest BCUT2D eigenvalue weighted by Gasteiger charge is 2.29. The van der Waals surface area contributed by atoms with Gasteiger partial charge in [-0.05, 0) is 25.0 Å². The van der Waals surface area contributed by atoms with Crippen LogP contribution < -0.4 is 10.5 Å². The van der Waals surface area contributed by atoms with Crippen molar-refractivity contribution in [3.63, 3.8) is 0 Å². The number of nitrogens with zero attached hydrogens (tertiary/aromatic N) is 2. The van der Waals surface area contributed by atoms with Crippen molar-refractivity contribution in [2.75, 3.05) is 19.5 Å². The van der Waals surface area contributed by atoms with Crippen LogP contribution in [0.25, 0.3) is 11.0 Å². The topological polar surface area (TPSA) is 79.4 Å². The Morgan fingerprint density at radius 3 is 2.71 bits per heavy atom. The Balaban J connectivity index is 2.65. The van der Waals surface area contributed by atoms with Gasteiger partial charge in [0.25, 0.3) is 0 Å². The third kappa shape index (κ3) is 2.66. The van der Waals surface area contributed by atoms with Gasteiger partial charge in [-0.2, -0.15) is 0 Å².